The number of fused-ring (bicyclic) bond motifs is 1. The molecule has 1 saturated heterocycles. The van der Waals surface area contributed by atoms with Crippen molar-refractivity contribution in [2.45, 2.75) is 45.1 Å². The molecule has 1 atom stereocenters. The monoisotopic (exact) mass is 396 g/mol. The number of amides is 1. The normalized spacial score (nSPS) is 16.9. The van der Waals surface area contributed by atoms with Gasteiger partial charge >= 0.3 is 0 Å². The van der Waals surface area contributed by atoms with Crippen molar-refractivity contribution in [3.63, 3.8) is 0 Å². The van der Waals surface area contributed by atoms with Crippen LogP contribution in [0.25, 0.3) is 5.65 Å². The number of hydrogen-bond acceptors (Lipinski definition) is 4. The molecule has 29 heavy (non-hydrogen) atoms. The molecule has 1 unspecified atom stereocenters. The Kier molecular flexibility index (Phi) is 5.74. The number of ether oxygens (including phenoxy) is 1. The molecule has 0 saturated carbocycles. The zero-order chi connectivity index (χ0) is 20.2. The first-order chi connectivity index (χ1) is 14.1. The summed E-state index contributed by atoms with van der Waals surface area (Å²) < 4.78 is 21.0. The minimum atomic E-state index is -0.383. The molecule has 0 radical (unpaired) electrons. The maximum atomic E-state index is 13.6. The molecule has 1 fully saturated rings. The van der Waals surface area contributed by atoms with Crippen LogP contribution in [-0.4, -0.2) is 38.6 Å². The molecule has 0 spiro atoms. The minimum absolute atomic E-state index is 0.00599. The summed E-state index contributed by atoms with van der Waals surface area (Å²) in [7, 11) is 0. The number of aryl methyl sites for hydroxylation is 1. The number of halogens is 1. The van der Waals surface area contributed by atoms with Gasteiger partial charge in [-0.15, -0.1) is 0 Å². The van der Waals surface area contributed by atoms with Crippen LogP contribution in [0.1, 0.15) is 49.5 Å². The molecule has 2 aromatic heterocycles. The highest BCUT2D eigenvalue weighted by molar-refractivity contribution is 5.76. The Morgan fingerprint density at radius 1 is 1.28 bits per heavy atom. The average molecular weight is 396 g/mol. The van der Waals surface area contributed by atoms with Crippen molar-refractivity contribution in [1.29, 1.82) is 0 Å². The molecule has 1 aliphatic rings. The maximum absolute atomic E-state index is 13.6. The van der Waals surface area contributed by atoms with Gasteiger partial charge in [0.05, 0.1) is 24.0 Å². The fraction of sp³-hybridized carbons (Fsp3) is 0.409. The summed E-state index contributed by atoms with van der Waals surface area (Å²) >= 11 is 0. The number of rotatable bonds is 6. The largest absolute Gasteiger partial charge is 0.491 e. The molecule has 6 nitrogen and oxygen atoms in total. The lowest BCUT2D eigenvalue weighted by Gasteiger charge is -2.36. The van der Waals surface area contributed by atoms with Gasteiger partial charge in [0.25, 0.3) is 0 Å². The number of hydrogen-bond donors (Lipinski definition) is 0. The van der Waals surface area contributed by atoms with Gasteiger partial charge in [-0.05, 0) is 50.8 Å². The van der Waals surface area contributed by atoms with Crippen molar-refractivity contribution < 1.29 is 13.9 Å². The number of carbonyl (C=O) groups is 1. The Labute approximate surface area is 169 Å². The van der Waals surface area contributed by atoms with Gasteiger partial charge in [-0.3, -0.25) is 4.79 Å². The number of benzene rings is 1. The zero-order valence-corrected chi connectivity index (χ0v) is 16.6. The van der Waals surface area contributed by atoms with Crippen LogP contribution < -0.4 is 4.74 Å². The lowest BCUT2D eigenvalue weighted by molar-refractivity contribution is -0.135. The van der Waals surface area contributed by atoms with Crippen molar-refractivity contribution in [1.82, 2.24) is 19.5 Å². The van der Waals surface area contributed by atoms with Gasteiger partial charge in [-0.25, -0.2) is 13.9 Å². The third-order valence-corrected chi connectivity index (χ3v) is 5.30. The van der Waals surface area contributed by atoms with Gasteiger partial charge in [0.1, 0.15) is 0 Å². The van der Waals surface area contributed by atoms with Crippen LogP contribution in [0, 0.1) is 12.7 Å². The Bertz CT molecular complexity index is 1000. The van der Waals surface area contributed by atoms with Crippen LogP contribution in [-0.2, 0) is 4.79 Å². The second-order valence-electron chi connectivity index (χ2n) is 7.41. The van der Waals surface area contributed by atoms with Gasteiger partial charge in [0.2, 0.25) is 5.91 Å². The average Bonchev–Trinajstić information content (AvgIpc) is 3.12. The molecule has 7 heteroatoms. The molecule has 152 valence electrons. The lowest BCUT2D eigenvalue weighted by atomic mass is 9.98. The molecule has 3 aromatic rings. The highest BCUT2D eigenvalue weighted by Crippen LogP contribution is 2.31. The topological polar surface area (TPSA) is 59.7 Å². The van der Waals surface area contributed by atoms with E-state index in [0.717, 1.165) is 42.8 Å². The Morgan fingerprint density at radius 3 is 3.00 bits per heavy atom. The molecule has 0 aliphatic carbocycles. The Balaban J connectivity index is 1.42. The molecular weight excluding hydrogens is 371 g/mol. The van der Waals surface area contributed by atoms with Crippen LogP contribution in [0.5, 0.6) is 5.75 Å². The number of nitrogens with zero attached hydrogens (tertiary/aromatic N) is 4. The highest BCUT2D eigenvalue weighted by Gasteiger charge is 2.29. The molecule has 1 aliphatic heterocycles. The lowest BCUT2D eigenvalue weighted by Crippen LogP contribution is -2.39. The molecule has 0 bridgehead atoms. The molecule has 1 amide bonds. The summed E-state index contributed by atoms with van der Waals surface area (Å²) in [5.74, 6) is -0.0594. The third-order valence-electron chi connectivity index (χ3n) is 5.30. The summed E-state index contributed by atoms with van der Waals surface area (Å²) in [6.45, 7) is 2.99. The number of likely N-dealkylation sites (tertiary alicyclic amines) is 1. The predicted molar refractivity (Wildman–Crippen MR) is 107 cm³/mol. The summed E-state index contributed by atoms with van der Waals surface area (Å²) in [5.41, 5.74) is 2.71. The van der Waals surface area contributed by atoms with Crippen molar-refractivity contribution in [2.24, 2.45) is 0 Å². The number of aromatic nitrogens is 3. The second-order valence-corrected chi connectivity index (χ2v) is 7.41. The third kappa shape index (κ3) is 4.23. The van der Waals surface area contributed by atoms with Crippen LogP contribution in [0.2, 0.25) is 0 Å². The van der Waals surface area contributed by atoms with Gasteiger partial charge in [0, 0.05) is 25.2 Å². The molecule has 1 aromatic carbocycles. The molecular formula is C22H25FN4O2. The van der Waals surface area contributed by atoms with Gasteiger partial charge < -0.3 is 9.64 Å². The van der Waals surface area contributed by atoms with E-state index >= 15 is 0 Å². The van der Waals surface area contributed by atoms with E-state index in [-0.39, 0.29) is 23.5 Å². The van der Waals surface area contributed by atoms with Gasteiger partial charge in [-0.1, -0.05) is 12.1 Å². The molecule has 4 rings (SSSR count). The van der Waals surface area contributed by atoms with Crippen molar-refractivity contribution >= 4 is 11.6 Å². The quantitative estimate of drug-likeness (QED) is 0.589. The van der Waals surface area contributed by atoms with Gasteiger partial charge in [-0.2, -0.15) is 5.10 Å². The van der Waals surface area contributed by atoms with Crippen LogP contribution >= 0.6 is 0 Å². The first kappa shape index (κ1) is 19.4. The maximum Gasteiger partial charge on any atom is 0.223 e. The number of carbonyl (C=O) groups excluding carboxylic acids is 1. The first-order valence-corrected chi connectivity index (χ1v) is 10.1. The first-order valence-electron chi connectivity index (χ1n) is 10.1. The smallest absolute Gasteiger partial charge is 0.223 e. The minimum Gasteiger partial charge on any atom is -0.491 e. The summed E-state index contributed by atoms with van der Waals surface area (Å²) in [4.78, 5) is 19.3. The summed E-state index contributed by atoms with van der Waals surface area (Å²) in [5, 5.41) is 4.56. The summed E-state index contributed by atoms with van der Waals surface area (Å²) in [6.07, 6.45) is 5.69. The SMILES string of the molecule is Cc1cc2nccc(C3CCCCN3C(=O)CCCOc3ccccc3F)n2n1. The van der Waals surface area contributed by atoms with E-state index in [0.29, 0.717) is 19.4 Å². The number of piperidine rings is 1. The van der Waals surface area contributed by atoms with Crippen molar-refractivity contribution in [3.8, 4) is 5.75 Å². The van der Waals surface area contributed by atoms with E-state index in [4.69, 9.17) is 4.74 Å². The van der Waals surface area contributed by atoms with E-state index in [2.05, 4.69) is 10.1 Å². The van der Waals surface area contributed by atoms with Crippen molar-refractivity contribution in [2.75, 3.05) is 13.2 Å². The fourth-order valence-electron chi connectivity index (χ4n) is 3.93. The summed E-state index contributed by atoms with van der Waals surface area (Å²) in [6, 6.07) is 10.2. The van der Waals surface area contributed by atoms with Crippen LogP contribution in [0.4, 0.5) is 4.39 Å². The molecule has 3 heterocycles. The van der Waals surface area contributed by atoms with E-state index in [1.54, 1.807) is 24.4 Å². The van der Waals surface area contributed by atoms with E-state index < -0.39 is 0 Å². The Hall–Kier alpha value is -2.96. The second kappa shape index (κ2) is 8.59. The van der Waals surface area contributed by atoms with Crippen LogP contribution in [0.15, 0.2) is 42.6 Å². The molecule has 0 N–H and O–H groups in total. The van der Waals surface area contributed by atoms with E-state index in [9.17, 15) is 9.18 Å². The van der Waals surface area contributed by atoms with Crippen LogP contribution in [0.3, 0.4) is 0 Å². The zero-order valence-electron chi connectivity index (χ0n) is 16.6. The Morgan fingerprint density at radius 2 is 2.14 bits per heavy atom. The number of para-hydroxylation sites is 1. The van der Waals surface area contributed by atoms with Crippen molar-refractivity contribution in [3.05, 3.63) is 59.8 Å². The predicted octanol–water partition coefficient (Wildman–Crippen LogP) is 4.09. The van der Waals surface area contributed by atoms with E-state index in [1.807, 2.05) is 28.5 Å². The fourth-order valence-corrected chi connectivity index (χ4v) is 3.93. The van der Waals surface area contributed by atoms with Gasteiger partial charge in [0.15, 0.2) is 17.2 Å². The highest BCUT2D eigenvalue weighted by atomic mass is 19.1. The van der Waals surface area contributed by atoms with E-state index in [1.165, 1.54) is 6.07 Å². The standard InChI is InChI=1S/C22H25FN4O2/c1-16-15-21-24-12-11-19(27(21)25-16)18-8-4-5-13-26(18)22(28)10-6-14-29-20-9-3-2-7-17(20)23/h2-3,7,9,11-12,15,18H,4-6,8,10,13-14H2,1H3.